The first kappa shape index (κ1) is 17.6. The van der Waals surface area contributed by atoms with Gasteiger partial charge in [0.25, 0.3) is 0 Å². The van der Waals surface area contributed by atoms with E-state index in [1.54, 1.807) is 6.20 Å². The second-order valence-corrected chi connectivity index (χ2v) is 8.37. The van der Waals surface area contributed by atoms with Crippen LogP contribution in [0.5, 0.6) is 0 Å². The molecule has 0 amide bonds. The summed E-state index contributed by atoms with van der Waals surface area (Å²) in [6.45, 7) is 3.39. The van der Waals surface area contributed by atoms with Gasteiger partial charge in [0.2, 0.25) is 5.95 Å². The molecule has 1 aromatic heterocycles. The number of anilines is 2. The molecule has 2 heterocycles. The van der Waals surface area contributed by atoms with Crippen LogP contribution in [-0.2, 0) is 16.3 Å². The van der Waals surface area contributed by atoms with E-state index in [9.17, 15) is 8.42 Å². The van der Waals surface area contributed by atoms with E-state index < -0.39 is 9.84 Å². The number of hydrogen-bond donors (Lipinski definition) is 1. The van der Waals surface area contributed by atoms with Gasteiger partial charge in [0.15, 0.2) is 15.7 Å². The third-order valence-corrected chi connectivity index (χ3v) is 6.12. The van der Waals surface area contributed by atoms with Gasteiger partial charge in [-0.15, -0.1) is 5.10 Å². The number of nitrogens with zero attached hydrogens (tertiary/aromatic N) is 4. The molecule has 0 spiro atoms. The van der Waals surface area contributed by atoms with Gasteiger partial charge in [-0.1, -0.05) is 30.3 Å². The van der Waals surface area contributed by atoms with Gasteiger partial charge in [0.05, 0.1) is 17.7 Å². The Morgan fingerprint density at radius 1 is 1.28 bits per heavy atom. The Hall–Kier alpha value is -2.22. The normalized spacial score (nSPS) is 18.8. The van der Waals surface area contributed by atoms with Crippen LogP contribution in [0.1, 0.15) is 18.9 Å². The van der Waals surface area contributed by atoms with Gasteiger partial charge in [-0.3, -0.25) is 0 Å². The average Bonchev–Trinajstić information content (AvgIpc) is 2.97. The molecule has 1 atom stereocenters. The van der Waals surface area contributed by atoms with E-state index in [1.807, 2.05) is 30.0 Å². The maximum atomic E-state index is 11.7. The predicted octanol–water partition coefficient (Wildman–Crippen LogP) is 1.54. The first-order chi connectivity index (χ1) is 12.1. The van der Waals surface area contributed by atoms with Crippen LogP contribution in [-0.4, -0.2) is 54.2 Å². The molecule has 1 fully saturated rings. The van der Waals surface area contributed by atoms with Crippen molar-refractivity contribution >= 4 is 21.6 Å². The third-order valence-electron chi connectivity index (χ3n) is 4.37. The summed E-state index contributed by atoms with van der Waals surface area (Å²) < 4.78 is 23.5. The monoisotopic (exact) mass is 361 g/mol. The van der Waals surface area contributed by atoms with E-state index in [0.717, 1.165) is 6.42 Å². The van der Waals surface area contributed by atoms with E-state index >= 15 is 0 Å². The molecule has 134 valence electrons. The molecule has 7 nitrogen and oxygen atoms in total. The van der Waals surface area contributed by atoms with Crippen LogP contribution < -0.4 is 10.2 Å². The van der Waals surface area contributed by atoms with Gasteiger partial charge >= 0.3 is 0 Å². The standard InChI is InChI=1S/C17H23N5O2S/c1-2-22(15-9-11-25(23,24)13-15)16-12-19-21-17(20-16)18-10-8-14-6-4-3-5-7-14/h3-7,12,15H,2,8-11,13H2,1H3,(H,18,20,21). The van der Waals surface area contributed by atoms with Crippen molar-refractivity contribution in [1.82, 2.24) is 15.2 Å². The molecule has 1 aliphatic heterocycles. The van der Waals surface area contributed by atoms with E-state index in [0.29, 0.717) is 31.3 Å². The third kappa shape index (κ3) is 4.66. The zero-order valence-corrected chi connectivity index (χ0v) is 15.1. The van der Waals surface area contributed by atoms with E-state index in [2.05, 4.69) is 32.6 Å². The fraction of sp³-hybridized carbons (Fsp3) is 0.471. The van der Waals surface area contributed by atoms with Gasteiger partial charge in [-0.25, -0.2) is 8.42 Å². The summed E-state index contributed by atoms with van der Waals surface area (Å²) >= 11 is 0. The van der Waals surface area contributed by atoms with E-state index in [1.165, 1.54) is 5.56 Å². The second-order valence-electron chi connectivity index (χ2n) is 6.14. The van der Waals surface area contributed by atoms with Gasteiger partial charge in [-0.05, 0) is 25.3 Å². The number of hydrogen-bond acceptors (Lipinski definition) is 7. The number of aromatic nitrogens is 3. The molecule has 8 heteroatoms. The average molecular weight is 361 g/mol. The minimum Gasteiger partial charge on any atom is -0.353 e. The number of rotatable bonds is 7. The van der Waals surface area contributed by atoms with Crippen molar-refractivity contribution < 1.29 is 8.42 Å². The molecule has 0 bridgehead atoms. The quantitative estimate of drug-likeness (QED) is 0.800. The lowest BCUT2D eigenvalue weighted by atomic mass is 10.1. The molecule has 0 saturated carbocycles. The Kier molecular flexibility index (Phi) is 5.47. The molecule has 25 heavy (non-hydrogen) atoms. The summed E-state index contributed by atoms with van der Waals surface area (Å²) in [5.41, 5.74) is 1.24. The molecule has 1 N–H and O–H groups in total. The highest BCUT2D eigenvalue weighted by Crippen LogP contribution is 2.22. The SMILES string of the molecule is CCN(c1cnnc(NCCc2ccccc2)n1)C1CCS(=O)(=O)C1. The largest absolute Gasteiger partial charge is 0.353 e. The molecule has 0 radical (unpaired) electrons. The van der Waals surface area contributed by atoms with Crippen molar-refractivity contribution in [2.24, 2.45) is 0 Å². The van der Waals surface area contributed by atoms with Crippen LogP contribution in [0.15, 0.2) is 36.5 Å². The summed E-state index contributed by atoms with van der Waals surface area (Å²) in [6.07, 6.45) is 3.10. The van der Waals surface area contributed by atoms with E-state index in [4.69, 9.17) is 0 Å². The first-order valence-corrected chi connectivity index (χ1v) is 10.3. The molecule has 1 aliphatic rings. The smallest absolute Gasteiger partial charge is 0.244 e. The van der Waals surface area contributed by atoms with Crippen molar-refractivity contribution in [3.63, 3.8) is 0 Å². The second kappa shape index (κ2) is 7.77. The fourth-order valence-corrected chi connectivity index (χ4v) is 4.83. The fourth-order valence-electron chi connectivity index (χ4n) is 3.10. The number of sulfone groups is 1. The summed E-state index contributed by atoms with van der Waals surface area (Å²) in [5, 5.41) is 11.2. The molecule has 1 saturated heterocycles. The molecule has 2 aromatic rings. The van der Waals surface area contributed by atoms with Gasteiger partial charge in [0.1, 0.15) is 0 Å². The zero-order chi connectivity index (χ0) is 17.7. The van der Waals surface area contributed by atoms with E-state index in [-0.39, 0.29) is 17.5 Å². The topological polar surface area (TPSA) is 88.1 Å². The number of benzene rings is 1. The van der Waals surface area contributed by atoms with Crippen molar-refractivity contribution in [3.05, 3.63) is 42.1 Å². The maximum Gasteiger partial charge on any atom is 0.244 e. The van der Waals surface area contributed by atoms with Crippen LogP contribution >= 0.6 is 0 Å². The Morgan fingerprint density at radius 3 is 2.76 bits per heavy atom. The molecular formula is C17H23N5O2S. The van der Waals surface area contributed by atoms with Crippen LogP contribution in [0.25, 0.3) is 0 Å². The minimum absolute atomic E-state index is 0.0381. The van der Waals surface area contributed by atoms with Gasteiger partial charge < -0.3 is 10.2 Å². The molecule has 1 unspecified atom stereocenters. The Morgan fingerprint density at radius 2 is 2.08 bits per heavy atom. The highest BCUT2D eigenvalue weighted by atomic mass is 32.2. The zero-order valence-electron chi connectivity index (χ0n) is 14.3. The Labute approximate surface area is 148 Å². The Bertz CT molecular complexity index is 798. The van der Waals surface area contributed by atoms with Crippen LogP contribution in [0, 0.1) is 0 Å². The van der Waals surface area contributed by atoms with Crippen molar-refractivity contribution in [2.45, 2.75) is 25.8 Å². The Balaban J connectivity index is 1.64. The summed E-state index contributed by atoms with van der Waals surface area (Å²) in [6, 6.07) is 10.2. The molecule has 3 rings (SSSR count). The lowest BCUT2D eigenvalue weighted by molar-refractivity contribution is 0.599. The molecule has 0 aliphatic carbocycles. The van der Waals surface area contributed by atoms with Crippen LogP contribution in [0.3, 0.4) is 0 Å². The summed E-state index contributed by atoms with van der Waals surface area (Å²) in [5.74, 6) is 1.56. The van der Waals surface area contributed by atoms with Crippen molar-refractivity contribution in [1.29, 1.82) is 0 Å². The predicted molar refractivity (Wildman–Crippen MR) is 98.5 cm³/mol. The van der Waals surface area contributed by atoms with Crippen LogP contribution in [0.4, 0.5) is 11.8 Å². The lowest BCUT2D eigenvalue weighted by Crippen LogP contribution is -2.37. The highest BCUT2D eigenvalue weighted by Gasteiger charge is 2.32. The van der Waals surface area contributed by atoms with Gasteiger partial charge in [-0.2, -0.15) is 10.1 Å². The number of nitrogens with one attached hydrogen (secondary N) is 1. The van der Waals surface area contributed by atoms with Crippen molar-refractivity contribution in [2.75, 3.05) is 34.8 Å². The maximum absolute atomic E-state index is 11.7. The summed E-state index contributed by atoms with van der Waals surface area (Å²) in [7, 11) is -2.93. The van der Waals surface area contributed by atoms with Gasteiger partial charge in [0, 0.05) is 19.1 Å². The first-order valence-electron chi connectivity index (χ1n) is 8.52. The van der Waals surface area contributed by atoms with Crippen LogP contribution in [0.2, 0.25) is 0 Å². The highest BCUT2D eigenvalue weighted by molar-refractivity contribution is 7.91. The molecular weight excluding hydrogens is 338 g/mol. The minimum atomic E-state index is -2.93. The lowest BCUT2D eigenvalue weighted by Gasteiger charge is -2.27. The molecule has 1 aromatic carbocycles. The summed E-state index contributed by atoms with van der Waals surface area (Å²) in [4.78, 5) is 6.52. The van der Waals surface area contributed by atoms with Crippen molar-refractivity contribution in [3.8, 4) is 0 Å².